The zero-order valence-corrected chi connectivity index (χ0v) is 15.7. The first-order valence-corrected chi connectivity index (χ1v) is 8.46. The molecule has 0 spiro atoms. The van der Waals surface area contributed by atoms with Crippen molar-refractivity contribution in [3.8, 4) is 0 Å². The fraction of sp³-hybridized carbons (Fsp3) is 0.421. The second-order valence-corrected chi connectivity index (χ2v) is 6.60. The minimum atomic E-state index is -0.228. The van der Waals surface area contributed by atoms with E-state index in [0.717, 1.165) is 36.3 Å². The Balaban J connectivity index is 2.04. The molecule has 2 N–H and O–H groups in total. The van der Waals surface area contributed by atoms with Crippen LogP contribution in [0.2, 0.25) is 0 Å². The van der Waals surface area contributed by atoms with E-state index in [4.69, 9.17) is 0 Å². The Morgan fingerprint density at radius 2 is 1.76 bits per heavy atom. The summed E-state index contributed by atoms with van der Waals surface area (Å²) < 4.78 is 0. The van der Waals surface area contributed by atoms with E-state index >= 15 is 0 Å². The molecule has 0 aliphatic rings. The monoisotopic (exact) mass is 341 g/mol. The zero-order valence-electron chi connectivity index (χ0n) is 15.7. The molecule has 0 unspecified atom stereocenters. The van der Waals surface area contributed by atoms with E-state index in [1.807, 2.05) is 34.9 Å². The van der Waals surface area contributed by atoms with Crippen LogP contribution in [-0.2, 0) is 0 Å². The van der Waals surface area contributed by atoms with Crippen molar-refractivity contribution in [2.45, 2.75) is 27.2 Å². The molecule has 1 aromatic carbocycles. The van der Waals surface area contributed by atoms with E-state index in [9.17, 15) is 4.79 Å². The molecule has 25 heavy (non-hydrogen) atoms. The number of aromatic nitrogens is 2. The van der Waals surface area contributed by atoms with Gasteiger partial charge in [-0.25, -0.2) is 9.97 Å². The molecule has 6 nitrogen and oxygen atoms in total. The van der Waals surface area contributed by atoms with Gasteiger partial charge in [0.1, 0.15) is 17.8 Å². The van der Waals surface area contributed by atoms with Gasteiger partial charge in [0.05, 0.1) is 0 Å². The van der Waals surface area contributed by atoms with Crippen molar-refractivity contribution in [3.63, 3.8) is 0 Å². The first-order valence-electron chi connectivity index (χ1n) is 8.46. The van der Waals surface area contributed by atoms with Crippen molar-refractivity contribution in [1.82, 2.24) is 14.9 Å². The SMILES string of the molecule is Cc1cc(C)c(NC(=O)c2cc(NCCCN(C)C)ncn2)c(C)c1. The van der Waals surface area contributed by atoms with Crippen molar-refractivity contribution in [1.29, 1.82) is 0 Å². The lowest BCUT2D eigenvalue weighted by atomic mass is 10.1. The number of nitrogens with zero attached hydrogens (tertiary/aromatic N) is 3. The smallest absolute Gasteiger partial charge is 0.274 e. The van der Waals surface area contributed by atoms with Gasteiger partial charge < -0.3 is 15.5 Å². The van der Waals surface area contributed by atoms with Crippen LogP contribution in [0.1, 0.15) is 33.6 Å². The topological polar surface area (TPSA) is 70.2 Å². The number of rotatable bonds is 7. The molecule has 1 heterocycles. The van der Waals surface area contributed by atoms with E-state index < -0.39 is 0 Å². The standard InChI is InChI=1S/C19H27N5O/c1-13-9-14(2)18(15(3)10-13)23-19(25)16-11-17(22-12-21-16)20-7-6-8-24(4)5/h9-12H,6-8H2,1-5H3,(H,23,25)(H,20,21,22). The molecule has 1 aromatic heterocycles. The highest BCUT2D eigenvalue weighted by Crippen LogP contribution is 2.22. The van der Waals surface area contributed by atoms with Gasteiger partial charge in [0, 0.05) is 18.3 Å². The van der Waals surface area contributed by atoms with E-state index in [1.54, 1.807) is 6.07 Å². The number of amides is 1. The molecule has 0 saturated carbocycles. The Kier molecular flexibility index (Phi) is 6.47. The van der Waals surface area contributed by atoms with E-state index in [0.29, 0.717) is 11.5 Å². The molecule has 0 aliphatic heterocycles. The molecule has 2 rings (SSSR count). The largest absolute Gasteiger partial charge is 0.370 e. The Labute approximate surface area is 149 Å². The van der Waals surface area contributed by atoms with Crippen LogP contribution in [-0.4, -0.2) is 48.0 Å². The number of anilines is 2. The van der Waals surface area contributed by atoms with Crippen molar-refractivity contribution in [2.75, 3.05) is 37.8 Å². The highest BCUT2D eigenvalue weighted by atomic mass is 16.1. The van der Waals surface area contributed by atoms with E-state index in [1.165, 1.54) is 11.9 Å². The molecule has 1 amide bonds. The predicted molar refractivity (Wildman–Crippen MR) is 102 cm³/mol. The molecule has 0 radical (unpaired) electrons. The van der Waals surface area contributed by atoms with Crippen LogP contribution in [0.15, 0.2) is 24.5 Å². The third-order valence-electron chi connectivity index (χ3n) is 3.90. The third-order valence-corrected chi connectivity index (χ3v) is 3.90. The van der Waals surface area contributed by atoms with Gasteiger partial charge in [-0.2, -0.15) is 0 Å². The molecule has 6 heteroatoms. The first kappa shape index (κ1) is 18.9. The summed E-state index contributed by atoms with van der Waals surface area (Å²) in [5.41, 5.74) is 4.46. The van der Waals surface area contributed by atoms with Gasteiger partial charge in [-0.15, -0.1) is 0 Å². The minimum absolute atomic E-state index is 0.228. The first-order chi connectivity index (χ1) is 11.9. The van der Waals surface area contributed by atoms with Gasteiger partial charge in [-0.1, -0.05) is 17.7 Å². The Morgan fingerprint density at radius 3 is 2.40 bits per heavy atom. The lowest BCUT2D eigenvalue weighted by Crippen LogP contribution is -2.18. The second-order valence-electron chi connectivity index (χ2n) is 6.60. The zero-order chi connectivity index (χ0) is 18.4. The second kappa shape index (κ2) is 8.58. The summed E-state index contributed by atoms with van der Waals surface area (Å²) in [6.07, 6.45) is 2.42. The summed E-state index contributed by atoms with van der Waals surface area (Å²) in [5.74, 6) is 0.435. The van der Waals surface area contributed by atoms with Gasteiger partial charge >= 0.3 is 0 Å². The molecule has 0 atom stereocenters. The predicted octanol–water partition coefficient (Wildman–Crippen LogP) is 3.02. The molecule has 2 aromatic rings. The van der Waals surface area contributed by atoms with Gasteiger partial charge in [0.25, 0.3) is 5.91 Å². The summed E-state index contributed by atoms with van der Waals surface area (Å²) in [4.78, 5) is 22.9. The van der Waals surface area contributed by atoms with Crippen molar-refractivity contribution in [2.24, 2.45) is 0 Å². The van der Waals surface area contributed by atoms with Crippen LogP contribution in [0, 0.1) is 20.8 Å². The molecule has 134 valence electrons. The molecule has 0 aliphatic carbocycles. The van der Waals surface area contributed by atoms with Gasteiger partial charge in [0.15, 0.2) is 0 Å². The highest BCUT2D eigenvalue weighted by molar-refractivity contribution is 6.04. The van der Waals surface area contributed by atoms with Crippen LogP contribution < -0.4 is 10.6 Å². The van der Waals surface area contributed by atoms with Crippen molar-refractivity contribution < 1.29 is 4.79 Å². The molecular weight excluding hydrogens is 314 g/mol. The maximum atomic E-state index is 12.5. The third kappa shape index (κ3) is 5.53. The Hall–Kier alpha value is -2.47. The van der Waals surface area contributed by atoms with Gasteiger partial charge in [-0.05, 0) is 59.0 Å². The molecule has 0 fully saturated rings. The maximum Gasteiger partial charge on any atom is 0.274 e. The minimum Gasteiger partial charge on any atom is -0.370 e. The number of carbonyl (C=O) groups excluding carboxylic acids is 1. The number of carbonyl (C=O) groups is 1. The fourth-order valence-corrected chi connectivity index (χ4v) is 2.74. The average molecular weight is 341 g/mol. The average Bonchev–Trinajstić information content (AvgIpc) is 2.55. The van der Waals surface area contributed by atoms with E-state index in [2.05, 4.69) is 37.6 Å². The van der Waals surface area contributed by atoms with Gasteiger partial charge in [-0.3, -0.25) is 4.79 Å². The molecule has 0 saturated heterocycles. The molecule has 0 bridgehead atoms. The number of benzene rings is 1. The lowest BCUT2D eigenvalue weighted by molar-refractivity contribution is 0.102. The Morgan fingerprint density at radius 1 is 1.08 bits per heavy atom. The van der Waals surface area contributed by atoms with Crippen LogP contribution >= 0.6 is 0 Å². The van der Waals surface area contributed by atoms with Crippen LogP contribution in [0.3, 0.4) is 0 Å². The summed E-state index contributed by atoms with van der Waals surface area (Å²) in [5, 5.41) is 6.20. The number of aryl methyl sites for hydroxylation is 3. The van der Waals surface area contributed by atoms with Crippen LogP contribution in [0.5, 0.6) is 0 Å². The summed E-state index contributed by atoms with van der Waals surface area (Å²) >= 11 is 0. The molecular formula is C19H27N5O. The highest BCUT2D eigenvalue weighted by Gasteiger charge is 2.12. The van der Waals surface area contributed by atoms with Crippen molar-refractivity contribution >= 4 is 17.4 Å². The number of hydrogen-bond acceptors (Lipinski definition) is 5. The van der Waals surface area contributed by atoms with Crippen LogP contribution in [0.25, 0.3) is 0 Å². The Bertz CT molecular complexity index is 719. The normalized spacial score (nSPS) is 10.8. The summed E-state index contributed by atoms with van der Waals surface area (Å²) in [6.45, 7) is 7.83. The number of hydrogen-bond donors (Lipinski definition) is 2. The summed E-state index contributed by atoms with van der Waals surface area (Å²) in [7, 11) is 4.09. The van der Waals surface area contributed by atoms with E-state index in [-0.39, 0.29) is 5.91 Å². The fourth-order valence-electron chi connectivity index (χ4n) is 2.74. The number of nitrogens with one attached hydrogen (secondary N) is 2. The quantitative estimate of drug-likeness (QED) is 0.758. The van der Waals surface area contributed by atoms with Crippen molar-refractivity contribution in [3.05, 3.63) is 46.9 Å². The summed E-state index contributed by atoms with van der Waals surface area (Å²) in [6, 6.07) is 5.80. The van der Waals surface area contributed by atoms with Gasteiger partial charge in [0.2, 0.25) is 0 Å². The maximum absolute atomic E-state index is 12.5. The van der Waals surface area contributed by atoms with Crippen LogP contribution in [0.4, 0.5) is 11.5 Å². The lowest BCUT2D eigenvalue weighted by Gasteiger charge is -2.13.